The molecule has 0 radical (unpaired) electrons. The first kappa shape index (κ1) is 8.73. The van der Waals surface area contributed by atoms with Gasteiger partial charge in [0.05, 0.1) is 18.2 Å². The first-order valence-corrected chi connectivity index (χ1v) is 4.30. The molecule has 0 aliphatic heterocycles. The highest BCUT2D eigenvalue weighted by Gasteiger charge is 2.10. The molecule has 0 aromatic carbocycles. The van der Waals surface area contributed by atoms with Crippen LogP contribution in [0.3, 0.4) is 0 Å². The Bertz CT molecular complexity index is 483. The van der Waals surface area contributed by atoms with Crippen LogP contribution in [-0.4, -0.2) is 14.5 Å². The van der Waals surface area contributed by atoms with E-state index in [1.165, 1.54) is 0 Å². The van der Waals surface area contributed by atoms with Crippen molar-refractivity contribution in [3.63, 3.8) is 0 Å². The van der Waals surface area contributed by atoms with Gasteiger partial charge in [-0.25, -0.2) is 4.98 Å². The van der Waals surface area contributed by atoms with Gasteiger partial charge in [-0.05, 0) is 12.1 Å². The highest BCUT2D eigenvalue weighted by molar-refractivity contribution is 5.40. The molecule has 1 atom stereocenters. The van der Waals surface area contributed by atoms with Crippen molar-refractivity contribution in [1.82, 2.24) is 9.38 Å². The molecule has 0 aliphatic carbocycles. The van der Waals surface area contributed by atoms with Crippen LogP contribution in [-0.2, 0) is 0 Å². The van der Waals surface area contributed by atoms with E-state index in [-0.39, 0.29) is 6.42 Å². The minimum atomic E-state index is -0.752. The van der Waals surface area contributed by atoms with Crippen LogP contribution >= 0.6 is 0 Å². The summed E-state index contributed by atoms with van der Waals surface area (Å²) < 4.78 is 1.78. The molecule has 0 amide bonds. The number of hydrogen-bond acceptors (Lipinski definition) is 3. The van der Waals surface area contributed by atoms with Gasteiger partial charge in [0.15, 0.2) is 0 Å². The van der Waals surface area contributed by atoms with Crippen molar-refractivity contribution in [2.24, 2.45) is 0 Å². The number of nitriles is 1. The lowest BCUT2D eigenvalue weighted by Gasteiger charge is -2.08. The van der Waals surface area contributed by atoms with E-state index in [2.05, 4.69) is 4.98 Å². The summed E-state index contributed by atoms with van der Waals surface area (Å²) in [7, 11) is 0. The zero-order chi connectivity index (χ0) is 9.97. The number of hydrogen-bond donors (Lipinski definition) is 1. The molecule has 2 heterocycles. The summed E-state index contributed by atoms with van der Waals surface area (Å²) in [5, 5.41) is 18.2. The van der Waals surface area contributed by atoms with Crippen LogP contribution in [0.4, 0.5) is 0 Å². The number of rotatable bonds is 2. The molecule has 70 valence electrons. The molecule has 4 heteroatoms. The van der Waals surface area contributed by atoms with Crippen LogP contribution in [0.5, 0.6) is 0 Å². The monoisotopic (exact) mass is 187 g/mol. The normalized spacial score (nSPS) is 12.6. The van der Waals surface area contributed by atoms with Crippen molar-refractivity contribution in [1.29, 1.82) is 5.26 Å². The Kier molecular flexibility index (Phi) is 2.17. The zero-order valence-corrected chi connectivity index (χ0v) is 7.46. The van der Waals surface area contributed by atoms with Crippen molar-refractivity contribution in [2.75, 3.05) is 0 Å². The topological polar surface area (TPSA) is 61.3 Å². The average molecular weight is 187 g/mol. The molecule has 14 heavy (non-hydrogen) atoms. The molecule has 0 saturated heterocycles. The van der Waals surface area contributed by atoms with Crippen molar-refractivity contribution >= 4 is 5.65 Å². The lowest BCUT2D eigenvalue weighted by Crippen LogP contribution is -2.02. The lowest BCUT2D eigenvalue weighted by atomic mass is 10.2. The average Bonchev–Trinajstić information content (AvgIpc) is 2.65. The first-order valence-electron chi connectivity index (χ1n) is 4.30. The number of imidazole rings is 1. The minimum Gasteiger partial charge on any atom is -0.386 e. The minimum absolute atomic E-state index is 0.0945. The van der Waals surface area contributed by atoms with E-state index in [1.54, 1.807) is 22.9 Å². The predicted octanol–water partition coefficient (Wildman–Crippen LogP) is 1.28. The van der Waals surface area contributed by atoms with Gasteiger partial charge in [0.1, 0.15) is 11.8 Å². The van der Waals surface area contributed by atoms with Gasteiger partial charge in [-0.3, -0.25) is 0 Å². The summed E-state index contributed by atoms with van der Waals surface area (Å²) >= 11 is 0. The summed E-state index contributed by atoms with van der Waals surface area (Å²) in [6, 6.07) is 7.39. The maximum atomic E-state index is 9.67. The van der Waals surface area contributed by atoms with Gasteiger partial charge in [-0.2, -0.15) is 5.26 Å². The van der Waals surface area contributed by atoms with Gasteiger partial charge in [0, 0.05) is 12.4 Å². The van der Waals surface area contributed by atoms with E-state index in [0.29, 0.717) is 5.69 Å². The number of nitrogens with zero attached hydrogens (tertiary/aromatic N) is 3. The number of aliphatic hydroxyl groups is 1. The highest BCUT2D eigenvalue weighted by atomic mass is 16.3. The van der Waals surface area contributed by atoms with E-state index in [9.17, 15) is 5.11 Å². The van der Waals surface area contributed by atoms with Gasteiger partial charge in [-0.1, -0.05) is 6.07 Å². The van der Waals surface area contributed by atoms with Crippen LogP contribution in [0, 0.1) is 11.3 Å². The standard InChI is InChI=1S/C10H9N3O/c11-5-4-9(14)8-2-1-3-10-12-6-7-13(8)10/h1-3,6-7,9,14H,4H2. The van der Waals surface area contributed by atoms with Crippen LogP contribution in [0.25, 0.3) is 5.65 Å². The SMILES string of the molecule is N#CCC(O)c1cccc2nccn12. The smallest absolute Gasteiger partial charge is 0.136 e. The van der Waals surface area contributed by atoms with Crippen LogP contribution in [0.15, 0.2) is 30.6 Å². The van der Waals surface area contributed by atoms with Gasteiger partial charge >= 0.3 is 0 Å². The maximum absolute atomic E-state index is 9.67. The number of aromatic nitrogens is 2. The molecule has 0 saturated carbocycles. The number of fused-ring (bicyclic) bond motifs is 1. The molecule has 1 N–H and O–H groups in total. The molecular formula is C10H9N3O. The zero-order valence-electron chi connectivity index (χ0n) is 7.46. The fourth-order valence-corrected chi connectivity index (χ4v) is 1.43. The summed E-state index contributed by atoms with van der Waals surface area (Å²) in [6.45, 7) is 0. The molecular weight excluding hydrogens is 178 g/mol. The Balaban J connectivity index is 2.51. The van der Waals surface area contributed by atoms with E-state index >= 15 is 0 Å². The molecule has 2 aromatic rings. The fraction of sp³-hybridized carbons (Fsp3) is 0.200. The largest absolute Gasteiger partial charge is 0.386 e. The third-order valence-corrected chi connectivity index (χ3v) is 2.09. The Morgan fingerprint density at radius 1 is 1.57 bits per heavy atom. The maximum Gasteiger partial charge on any atom is 0.136 e. The number of aliphatic hydroxyl groups excluding tert-OH is 1. The Morgan fingerprint density at radius 3 is 3.21 bits per heavy atom. The quantitative estimate of drug-likeness (QED) is 0.770. The second-order valence-electron chi connectivity index (χ2n) is 2.98. The molecule has 1 unspecified atom stereocenters. The summed E-state index contributed by atoms with van der Waals surface area (Å²) in [5.41, 5.74) is 1.47. The second kappa shape index (κ2) is 3.48. The van der Waals surface area contributed by atoms with Gasteiger partial charge in [0.25, 0.3) is 0 Å². The highest BCUT2D eigenvalue weighted by Crippen LogP contribution is 2.16. The van der Waals surface area contributed by atoms with Crippen molar-refractivity contribution in [3.05, 3.63) is 36.3 Å². The van der Waals surface area contributed by atoms with Gasteiger partial charge in [-0.15, -0.1) is 0 Å². The molecule has 0 fully saturated rings. The Labute approximate surface area is 81.1 Å². The summed E-state index contributed by atoms with van der Waals surface area (Å²) in [5.74, 6) is 0. The molecule has 2 aromatic heterocycles. The fourth-order valence-electron chi connectivity index (χ4n) is 1.43. The van der Waals surface area contributed by atoms with Crippen molar-refractivity contribution in [2.45, 2.75) is 12.5 Å². The molecule has 4 nitrogen and oxygen atoms in total. The molecule has 0 bridgehead atoms. The first-order chi connectivity index (χ1) is 6.83. The van der Waals surface area contributed by atoms with Gasteiger partial charge < -0.3 is 9.51 Å². The lowest BCUT2D eigenvalue weighted by molar-refractivity contribution is 0.177. The molecule has 2 rings (SSSR count). The molecule has 0 spiro atoms. The second-order valence-corrected chi connectivity index (χ2v) is 2.98. The summed E-state index contributed by atoms with van der Waals surface area (Å²) in [6.07, 6.45) is 2.78. The predicted molar refractivity (Wildman–Crippen MR) is 50.4 cm³/mol. The third kappa shape index (κ3) is 1.34. The third-order valence-electron chi connectivity index (χ3n) is 2.09. The summed E-state index contributed by atoms with van der Waals surface area (Å²) in [4.78, 5) is 4.09. The van der Waals surface area contributed by atoms with Crippen LogP contribution in [0.1, 0.15) is 18.2 Å². The Morgan fingerprint density at radius 2 is 2.43 bits per heavy atom. The van der Waals surface area contributed by atoms with E-state index < -0.39 is 6.10 Å². The van der Waals surface area contributed by atoms with Crippen LogP contribution in [0.2, 0.25) is 0 Å². The number of pyridine rings is 1. The van der Waals surface area contributed by atoms with E-state index in [4.69, 9.17) is 5.26 Å². The van der Waals surface area contributed by atoms with Crippen molar-refractivity contribution < 1.29 is 5.11 Å². The van der Waals surface area contributed by atoms with Gasteiger partial charge in [0.2, 0.25) is 0 Å². The van der Waals surface area contributed by atoms with Crippen molar-refractivity contribution in [3.8, 4) is 6.07 Å². The van der Waals surface area contributed by atoms with E-state index in [0.717, 1.165) is 5.65 Å². The van der Waals surface area contributed by atoms with Crippen LogP contribution < -0.4 is 0 Å². The molecule has 0 aliphatic rings. The Hall–Kier alpha value is -1.86. The van der Waals surface area contributed by atoms with E-state index in [1.807, 2.05) is 18.2 Å².